The lowest BCUT2D eigenvalue weighted by Crippen LogP contribution is -2.14. The number of rotatable bonds is 3. The van der Waals surface area contributed by atoms with E-state index in [4.69, 9.17) is 10.2 Å². The Balaban J connectivity index is 2.47. The van der Waals surface area contributed by atoms with Gasteiger partial charge in [-0.15, -0.1) is 11.3 Å². The highest BCUT2D eigenvalue weighted by molar-refractivity contribution is 7.91. The predicted molar refractivity (Wildman–Crippen MR) is 67.2 cm³/mol. The largest absolute Gasteiger partial charge is 0.508 e. The second-order valence-electron chi connectivity index (χ2n) is 3.54. The molecule has 3 N–H and O–H groups in total. The number of hydrogen-bond acceptors (Lipinski definition) is 5. The van der Waals surface area contributed by atoms with E-state index in [-0.39, 0.29) is 21.1 Å². The average molecular weight is 283 g/mol. The van der Waals surface area contributed by atoms with Crippen LogP contribution in [0.3, 0.4) is 0 Å². The average Bonchev–Trinajstić information content (AvgIpc) is 2.77. The van der Waals surface area contributed by atoms with Crippen LogP contribution in [0.5, 0.6) is 5.75 Å². The summed E-state index contributed by atoms with van der Waals surface area (Å²) in [6.45, 7) is 0. The number of phenolic OH excluding ortho intramolecular Hbond substituents is 1. The summed E-state index contributed by atoms with van der Waals surface area (Å²) in [5, 5.41) is 15.7. The van der Waals surface area contributed by atoms with Crippen molar-refractivity contribution in [1.82, 2.24) is 0 Å². The molecule has 0 amide bonds. The van der Waals surface area contributed by atoms with Crippen molar-refractivity contribution >= 4 is 27.1 Å². The van der Waals surface area contributed by atoms with Crippen molar-refractivity contribution in [2.45, 2.75) is 4.21 Å². The van der Waals surface area contributed by atoms with E-state index in [1.54, 1.807) is 0 Å². The molecule has 0 saturated carbocycles. The molecule has 2 rings (SSSR count). The SMILES string of the molecule is NS(=O)(=O)c1sccc1C(=O)c1ccc(O)cc1. The standard InChI is InChI=1S/C11H9NO4S2/c12-18(15,16)11-9(5-6-17-11)10(14)7-1-3-8(13)4-2-7/h1-6,13H,(H2,12,15,16). The molecule has 0 atom stereocenters. The number of phenols is 1. The minimum Gasteiger partial charge on any atom is -0.508 e. The molecule has 1 aromatic heterocycles. The molecular formula is C11H9NO4S2. The first-order chi connectivity index (χ1) is 8.39. The lowest BCUT2D eigenvalue weighted by Gasteiger charge is -2.02. The van der Waals surface area contributed by atoms with Crippen LogP contribution in [0.4, 0.5) is 0 Å². The summed E-state index contributed by atoms with van der Waals surface area (Å²) in [5.74, 6) is -0.413. The molecule has 0 fully saturated rings. The highest BCUT2D eigenvalue weighted by Crippen LogP contribution is 2.24. The van der Waals surface area contributed by atoms with Crippen molar-refractivity contribution in [3.8, 4) is 5.75 Å². The number of aromatic hydroxyl groups is 1. The normalized spacial score (nSPS) is 11.4. The van der Waals surface area contributed by atoms with Crippen LogP contribution in [-0.4, -0.2) is 19.3 Å². The smallest absolute Gasteiger partial charge is 0.248 e. The summed E-state index contributed by atoms with van der Waals surface area (Å²) < 4.78 is 22.4. The van der Waals surface area contributed by atoms with Gasteiger partial charge in [-0.3, -0.25) is 4.79 Å². The van der Waals surface area contributed by atoms with Crippen molar-refractivity contribution in [3.63, 3.8) is 0 Å². The summed E-state index contributed by atoms with van der Waals surface area (Å²) in [7, 11) is -3.90. The van der Waals surface area contributed by atoms with Crippen LogP contribution in [0, 0.1) is 0 Å². The maximum absolute atomic E-state index is 12.1. The van der Waals surface area contributed by atoms with Gasteiger partial charge in [0.15, 0.2) is 5.78 Å². The Morgan fingerprint density at radius 3 is 2.33 bits per heavy atom. The zero-order valence-corrected chi connectivity index (χ0v) is 10.7. The monoisotopic (exact) mass is 283 g/mol. The van der Waals surface area contributed by atoms with Crippen LogP contribution in [0.2, 0.25) is 0 Å². The predicted octanol–water partition coefficient (Wildman–Crippen LogP) is 1.33. The molecule has 1 heterocycles. The number of benzene rings is 1. The molecule has 0 aliphatic rings. The molecule has 0 spiro atoms. The fourth-order valence-corrected chi connectivity index (χ4v) is 3.24. The second-order valence-corrected chi connectivity index (χ2v) is 6.22. The Kier molecular flexibility index (Phi) is 3.20. The molecule has 0 bridgehead atoms. The number of thiophene rings is 1. The zero-order valence-electron chi connectivity index (χ0n) is 9.03. The summed E-state index contributed by atoms with van der Waals surface area (Å²) in [6, 6.07) is 6.97. The third-order valence-electron chi connectivity index (χ3n) is 2.26. The van der Waals surface area contributed by atoms with Crippen LogP contribution < -0.4 is 5.14 Å². The fourth-order valence-electron chi connectivity index (χ4n) is 1.45. The highest BCUT2D eigenvalue weighted by atomic mass is 32.2. The quantitative estimate of drug-likeness (QED) is 0.830. The Bertz CT molecular complexity index is 686. The van der Waals surface area contributed by atoms with Gasteiger partial charge < -0.3 is 5.11 Å². The summed E-state index contributed by atoms with van der Waals surface area (Å²) in [4.78, 5) is 12.1. The van der Waals surface area contributed by atoms with E-state index in [1.165, 1.54) is 35.7 Å². The van der Waals surface area contributed by atoms with Crippen LogP contribution >= 0.6 is 11.3 Å². The van der Waals surface area contributed by atoms with Gasteiger partial charge in [0.05, 0.1) is 5.56 Å². The number of nitrogens with two attached hydrogens (primary N) is 1. The Morgan fingerprint density at radius 2 is 1.78 bits per heavy atom. The lowest BCUT2D eigenvalue weighted by molar-refractivity contribution is 0.103. The molecular weight excluding hydrogens is 274 g/mol. The van der Waals surface area contributed by atoms with E-state index in [1.807, 2.05) is 0 Å². The summed E-state index contributed by atoms with van der Waals surface area (Å²) >= 11 is 0.899. The number of ketones is 1. The van der Waals surface area contributed by atoms with Gasteiger partial charge >= 0.3 is 0 Å². The van der Waals surface area contributed by atoms with E-state index >= 15 is 0 Å². The number of hydrogen-bond donors (Lipinski definition) is 2. The minimum absolute atomic E-state index is 0.0311. The van der Waals surface area contributed by atoms with Crippen molar-refractivity contribution in [3.05, 3.63) is 46.8 Å². The summed E-state index contributed by atoms with van der Waals surface area (Å²) in [6.07, 6.45) is 0. The van der Waals surface area contributed by atoms with Crippen molar-refractivity contribution in [2.75, 3.05) is 0 Å². The Hall–Kier alpha value is -1.70. The maximum atomic E-state index is 12.1. The van der Waals surface area contributed by atoms with Gasteiger partial charge in [0, 0.05) is 5.56 Å². The van der Waals surface area contributed by atoms with Crippen LogP contribution in [-0.2, 0) is 10.0 Å². The number of sulfonamides is 1. The van der Waals surface area contributed by atoms with Gasteiger partial charge in [0.25, 0.3) is 0 Å². The van der Waals surface area contributed by atoms with Crippen LogP contribution in [0.25, 0.3) is 0 Å². The molecule has 5 nitrogen and oxygen atoms in total. The van der Waals surface area contributed by atoms with Gasteiger partial charge in [-0.1, -0.05) is 0 Å². The zero-order chi connectivity index (χ0) is 13.3. The number of carbonyl (C=O) groups is 1. The van der Waals surface area contributed by atoms with Crippen molar-refractivity contribution in [1.29, 1.82) is 0 Å². The topological polar surface area (TPSA) is 97.5 Å². The molecule has 94 valence electrons. The number of primary sulfonamides is 1. The Labute approximate surface area is 108 Å². The van der Waals surface area contributed by atoms with Gasteiger partial charge in [0.2, 0.25) is 10.0 Å². The van der Waals surface area contributed by atoms with E-state index in [9.17, 15) is 13.2 Å². The molecule has 2 aromatic rings. The highest BCUT2D eigenvalue weighted by Gasteiger charge is 2.21. The van der Waals surface area contributed by atoms with Gasteiger partial charge in [-0.25, -0.2) is 13.6 Å². The van der Waals surface area contributed by atoms with E-state index < -0.39 is 15.8 Å². The fraction of sp³-hybridized carbons (Fsp3) is 0. The molecule has 0 aliphatic heterocycles. The first-order valence-electron chi connectivity index (χ1n) is 4.83. The lowest BCUT2D eigenvalue weighted by atomic mass is 10.1. The third-order valence-corrected chi connectivity index (χ3v) is 4.69. The van der Waals surface area contributed by atoms with Gasteiger partial charge in [0.1, 0.15) is 9.96 Å². The minimum atomic E-state index is -3.90. The van der Waals surface area contributed by atoms with Gasteiger partial charge in [-0.05, 0) is 35.7 Å². The molecule has 1 aromatic carbocycles. The van der Waals surface area contributed by atoms with Crippen LogP contribution in [0.1, 0.15) is 15.9 Å². The molecule has 18 heavy (non-hydrogen) atoms. The number of carbonyl (C=O) groups excluding carboxylic acids is 1. The van der Waals surface area contributed by atoms with Crippen LogP contribution in [0.15, 0.2) is 39.9 Å². The molecule has 0 unspecified atom stereocenters. The molecule has 0 saturated heterocycles. The second kappa shape index (κ2) is 4.52. The summed E-state index contributed by atoms with van der Waals surface area (Å²) in [5.41, 5.74) is 0.337. The van der Waals surface area contributed by atoms with E-state index in [0.29, 0.717) is 0 Å². The van der Waals surface area contributed by atoms with Gasteiger partial charge in [-0.2, -0.15) is 0 Å². The molecule has 0 aliphatic carbocycles. The first-order valence-corrected chi connectivity index (χ1v) is 7.26. The van der Waals surface area contributed by atoms with Crippen molar-refractivity contribution < 1.29 is 18.3 Å². The third kappa shape index (κ3) is 2.42. The maximum Gasteiger partial charge on any atom is 0.248 e. The van der Waals surface area contributed by atoms with E-state index in [0.717, 1.165) is 11.3 Å². The van der Waals surface area contributed by atoms with E-state index in [2.05, 4.69) is 0 Å². The first kappa shape index (κ1) is 12.7. The molecule has 7 heteroatoms. The van der Waals surface area contributed by atoms with Crippen molar-refractivity contribution in [2.24, 2.45) is 5.14 Å². The molecule has 0 radical (unpaired) electrons. The Morgan fingerprint density at radius 1 is 1.17 bits per heavy atom.